The van der Waals surface area contributed by atoms with Crippen LogP contribution in [0.25, 0.3) is 28.0 Å². The van der Waals surface area contributed by atoms with E-state index < -0.39 is 0 Å². The SMILES string of the molecule is CCCCCn1ccc2cc(-n3c(C=O)nnc3-c3cc(C(C)C)c(O)cc3O)ccc21. The quantitative estimate of drug-likeness (QED) is 0.286. The molecule has 4 rings (SSSR count). The first-order chi connectivity index (χ1) is 15.4. The molecule has 2 N–H and O–H groups in total. The summed E-state index contributed by atoms with van der Waals surface area (Å²) in [5.41, 5.74) is 2.94. The summed E-state index contributed by atoms with van der Waals surface area (Å²) >= 11 is 0. The minimum Gasteiger partial charge on any atom is -0.508 e. The highest BCUT2D eigenvalue weighted by Crippen LogP contribution is 2.38. The van der Waals surface area contributed by atoms with Gasteiger partial charge in [-0.3, -0.25) is 9.36 Å². The van der Waals surface area contributed by atoms with Crippen LogP contribution in [0.15, 0.2) is 42.6 Å². The lowest BCUT2D eigenvalue weighted by Gasteiger charge is -2.14. The van der Waals surface area contributed by atoms with Gasteiger partial charge in [0.25, 0.3) is 0 Å². The molecule has 0 saturated carbocycles. The Morgan fingerprint density at radius 3 is 2.56 bits per heavy atom. The molecule has 2 heterocycles. The van der Waals surface area contributed by atoms with Gasteiger partial charge in [0.2, 0.25) is 5.82 Å². The highest BCUT2D eigenvalue weighted by Gasteiger charge is 2.21. The lowest BCUT2D eigenvalue weighted by atomic mass is 9.98. The van der Waals surface area contributed by atoms with E-state index in [2.05, 4.69) is 34.0 Å². The second kappa shape index (κ2) is 8.86. The maximum atomic E-state index is 11.7. The summed E-state index contributed by atoms with van der Waals surface area (Å²) in [5.74, 6) is 0.420. The number of nitrogens with zero attached hydrogens (tertiary/aromatic N) is 4. The van der Waals surface area contributed by atoms with Crippen LogP contribution in [0.2, 0.25) is 0 Å². The lowest BCUT2D eigenvalue weighted by Crippen LogP contribution is -2.03. The van der Waals surface area contributed by atoms with Gasteiger partial charge in [-0.25, -0.2) is 0 Å². The molecule has 7 nitrogen and oxygen atoms in total. The van der Waals surface area contributed by atoms with Crippen LogP contribution in [0.1, 0.15) is 62.1 Å². The van der Waals surface area contributed by atoms with Crippen molar-refractivity contribution in [2.24, 2.45) is 0 Å². The summed E-state index contributed by atoms with van der Waals surface area (Å²) in [4.78, 5) is 11.7. The summed E-state index contributed by atoms with van der Waals surface area (Å²) in [6.07, 6.45) is 6.23. The van der Waals surface area contributed by atoms with Gasteiger partial charge in [0.1, 0.15) is 11.5 Å². The van der Waals surface area contributed by atoms with Gasteiger partial charge in [0.05, 0.1) is 11.3 Å². The molecule has 0 radical (unpaired) electrons. The zero-order valence-electron chi connectivity index (χ0n) is 18.6. The number of unbranched alkanes of at least 4 members (excludes halogenated alkanes) is 2. The van der Waals surface area contributed by atoms with Crippen molar-refractivity contribution in [2.45, 2.75) is 52.5 Å². The van der Waals surface area contributed by atoms with Crippen molar-refractivity contribution in [2.75, 3.05) is 0 Å². The number of phenolic OH excluding ortho intramolecular Hbond substituents is 2. The van der Waals surface area contributed by atoms with Gasteiger partial charge in [-0.2, -0.15) is 0 Å². The number of aromatic nitrogens is 4. The lowest BCUT2D eigenvalue weighted by molar-refractivity contribution is 0.111. The van der Waals surface area contributed by atoms with Gasteiger partial charge in [-0.05, 0) is 48.2 Å². The third-order valence-electron chi connectivity index (χ3n) is 5.82. The number of benzene rings is 2. The maximum absolute atomic E-state index is 11.7. The molecule has 32 heavy (non-hydrogen) atoms. The van der Waals surface area contributed by atoms with E-state index in [-0.39, 0.29) is 23.2 Å². The monoisotopic (exact) mass is 432 g/mol. The molecule has 2 aromatic carbocycles. The second-order valence-electron chi connectivity index (χ2n) is 8.38. The molecule has 0 amide bonds. The molecule has 0 saturated heterocycles. The number of rotatable bonds is 8. The van der Waals surface area contributed by atoms with Crippen molar-refractivity contribution >= 4 is 17.2 Å². The number of aryl methyl sites for hydroxylation is 1. The van der Waals surface area contributed by atoms with Crippen LogP contribution in [0.5, 0.6) is 11.5 Å². The molecule has 0 aliphatic carbocycles. The number of aldehydes is 1. The van der Waals surface area contributed by atoms with Gasteiger partial charge in [0, 0.05) is 29.7 Å². The van der Waals surface area contributed by atoms with Crippen LogP contribution in [-0.2, 0) is 6.54 Å². The summed E-state index contributed by atoms with van der Waals surface area (Å²) in [5, 5.41) is 30.0. The average Bonchev–Trinajstić information content (AvgIpc) is 3.37. The molecule has 0 spiro atoms. The van der Waals surface area contributed by atoms with Crippen molar-refractivity contribution in [1.29, 1.82) is 0 Å². The molecule has 0 fully saturated rings. The number of fused-ring (bicyclic) bond motifs is 1. The molecule has 4 aromatic rings. The van der Waals surface area contributed by atoms with Crippen molar-refractivity contribution in [1.82, 2.24) is 19.3 Å². The number of hydrogen-bond donors (Lipinski definition) is 2. The molecule has 7 heteroatoms. The third-order valence-corrected chi connectivity index (χ3v) is 5.82. The third kappa shape index (κ3) is 3.86. The summed E-state index contributed by atoms with van der Waals surface area (Å²) in [6, 6.07) is 11.0. The summed E-state index contributed by atoms with van der Waals surface area (Å²) < 4.78 is 3.88. The maximum Gasteiger partial charge on any atom is 0.201 e. The van der Waals surface area contributed by atoms with E-state index in [1.807, 2.05) is 32.0 Å². The number of hydrogen-bond acceptors (Lipinski definition) is 5. The first kappa shape index (κ1) is 21.6. The van der Waals surface area contributed by atoms with E-state index in [9.17, 15) is 15.0 Å². The first-order valence-electron chi connectivity index (χ1n) is 11.0. The van der Waals surface area contributed by atoms with E-state index in [4.69, 9.17) is 0 Å². The predicted octanol–water partition coefficient (Wildman–Crippen LogP) is 5.43. The van der Waals surface area contributed by atoms with Crippen LogP contribution < -0.4 is 0 Å². The fourth-order valence-electron chi connectivity index (χ4n) is 4.09. The van der Waals surface area contributed by atoms with E-state index >= 15 is 0 Å². The minimum atomic E-state index is -0.124. The number of phenols is 2. The normalized spacial score (nSPS) is 11.5. The largest absolute Gasteiger partial charge is 0.508 e. The Hall–Kier alpha value is -3.61. The number of carbonyl (C=O) groups is 1. The predicted molar refractivity (Wildman–Crippen MR) is 125 cm³/mol. The molecular formula is C25H28N4O3. The molecule has 2 aromatic heterocycles. The van der Waals surface area contributed by atoms with Crippen LogP contribution in [0.4, 0.5) is 0 Å². The van der Waals surface area contributed by atoms with E-state index in [0.29, 0.717) is 23.2 Å². The van der Waals surface area contributed by atoms with Gasteiger partial charge < -0.3 is 14.8 Å². The minimum absolute atomic E-state index is 0.0220. The first-order valence-corrected chi connectivity index (χ1v) is 11.0. The highest BCUT2D eigenvalue weighted by molar-refractivity contribution is 5.84. The van der Waals surface area contributed by atoms with Crippen LogP contribution in [-0.4, -0.2) is 35.8 Å². The number of aromatic hydroxyl groups is 2. The van der Waals surface area contributed by atoms with E-state index in [1.165, 1.54) is 18.9 Å². The molecular weight excluding hydrogens is 404 g/mol. The highest BCUT2D eigenvalue weighted by atomic mass is 16.3. The summed E-state index contributed by atoms with van der Waals surface area (Å²) in [6.45, 7) is 7.07. The standard InChI is InChI=1S/C25H28N4O3/c1-4-5-6-10-28-11-9-17-12-18(7-8-21(17)28)29-24(15-30)26-27-25(29)20-13-19(16(2)3)22(31)14-23(20)32/h7-9,11-16,31-32H,4-6,10H2,1-3H3. The van der Waals surface area contributed by atoms with Crippen molar-refractivity contribution in [3.8, 4) is 28.6 Å². The van der Waals surface area contributed by atoms with E-state index in [1.54, 1.807) is 10.6 Å². The van der Waals surface area contributed by atoms with Crippen LogP contribution in [0, 0.1) is 0 Å². The fourth-order valence-corrected chi connectivity index (χ4v) is 4.09. The molecule has 0 atom stereocenters. The zero-order valence-corrected chi connectivity index (χ0v) is 18.6. The van der Waals surface area contributed by atoms with Gasteiger partial charge >= 0.3 is 0 Å². The zero-order chi connectivity index (χ0) is 22.8. The molecule has 0 aliphatic rings. The van der Waals surface area contributed by atoms with Crippen LogP contribution in [0.3, 0.4) is 0 Å². The Bertz CT molecular complexity index is 1270. The Balaban J connectivity index is 1.82. The van der Waals surface area contributed by atoms with Gasteiger partial charge in [-0.15, -0.1) is 10.2 Å². The summed E-state index contributed by atoms with van der Waals surface area (Å²) in [7, 11) is 0. The topological polar surface area (TPSA) is 93.2 Å². The Morgan fingerprint density at radius 2 is 1.84 bits per heavy atom. The molecule has 0 unspecified atom stereocenters. The average molecular weight is 433 g/mol. The molecule has 166 valence electrons. The van der Waals surface area contributed by atoms with Crippen LogP contribution >= 0.6 is 0 Å². The van der Waals surface area contributed by atoms with E-state index in [0.717, 1.165) is 29.6 Å². The number of carbonyl (C=O) groups excluding carboxylic acids is 1. The molecule has 0 bridgehead atoms. The second-order valence-corrected chi connectivity index (χ2v) is 8.38. The Kier molecular flexibility index (Phi) is 5.99. The smallest absolute Gasteiger partial charge is 0.201 e. The van der Waals surface area contributed by atoms with Gasteiger partial charge in [0.15, 0.2) is 12.1 Å². The molecule has 0 aliphatic heterocycles. The Morgan fingerprint density at radius 1 is 1.03 bits per heavy atom. The van der Waals surface area contributed by atoms with Crippen molar-refractivity contribution < 1.29 is 15.0 Å². The Labute approximate surface area is 187 Å². The fraction of sp³-hybridized carbons (Fsp3) is 0.320. The van der Waals surface area contributed by atoms with Gasteiger partial charge in [-0.1, -0.05) is 33.6 Å². The van der Waals surface area contributed by atoms with Crippen molar-refractivity contribution in [3.63, 3.8) is 0 Å². The van der Waals surface area contributed by atoms with Crippen molar-refractivity contribution in [3.05, 3.63) is 54.0 Å².